The number of unbranched alkanes of at least 4 members (excludes halogenated alkanes) is 5. The number of aliphatic hydroxyl groups excluding tert-OH is 2. The van der Waals surface area contributed by atoms with Crippen LogP contribution >= 0.6 is 0 Å². The third-order valence-corrected chi connectivity index (χ3v) is 3.82. The molecule has 0 aliphatic carbocycles. The molecule has 0 bridgehead atoms. The molecule has 3 nitrogen and oxygen atoms in total. The zero-order chi connectivity index (χ0) is 11.5. The molecular formula is C11H24O3S. The first-order valence-electron chi connectivity index (χ1n) is 5.84. The predicted octanol–water partition coefficient (Wildman–Crippen LogP) is 1.45. The van der Waals surface area contributed by atoms with Crippen molar-refractivity contribution >= 4 is 10.8 Å². The second-order valence-corrected chi connectivity index (χ2v) is 5.54. The monoisotopic (exact) mass is 236 g/mol. The summed E-state index contributed by atoms with van der Waals surface area (Å²) in [7, 11) is -0.967. The maximum atomic E-state index is 11.3. The molecule has 0 saturated carbocycles. The molecule has 15 heavy (non-hydrogen) atoms. The van der Waals surface area contributed by atoms with Crippen molar-refractivity contribution in [3.8, 4) is 0 Å². The number of hydrogen-bond acceptors (Lipinski definition) is 3. The first-order valence-corrected chi connectivity index (χ1v) is 7.33. The van der Waals surface area contributed by atoms with Crippen molar-refractivity contribution in [3.05, 3.63) is 0 Å². The van der Waals surface area contributed by atoms with Crippen molar-refractivity contribution in [3.63, 3.8) is 0 Å². The summed E-state index contributed by atoms with van der Waals surface area (Å²) in [6, 6.07) is 0. The first kappa shape index (κ1) is 15.1. The molecule has 0 radical (unpaired) electrons. The molecule has 4 heteroatoms. The molecule has 0 aliphatic rings. The highest BCUT2D eigenvalue weighted by Gasteiger charge is 2.07. The number of rotatable bonds is 10. The maximum absolute atomic E-state index is 11.3. The van der Waals surface area contributed by atoms with Gasteiger partial charge in [-0.1, -0.05) is 39.0 Å². The van der Waals surface area contributed by atoms with Gasteiger partial charge in [-0.05, 0) is 6.42 Å². The van der Waals surface area contributed by atoms with E-state index >= 15 is 0 Å². The number of aliphatic hydroxyl groups is 2. The molecule has 0 fully saturated rings. The van der Waals surface area contributed by atoms with Gasteiger partial charge in [0.15, 0.2) is 0 Å². The van der Waals surface area contributed by atoms with Crippen LogP contribution in [-0.4, -0.2) is 38.6 Å². The fourth-order valence-corrected chi connectivity index (χ4v) is 2.62. The van der Waals surface area contributed by atoms with Gasteiger partial charge in [-0.2, -0.15) is 0 Å². The fourth-order valence-electron chi connectivity index (χ4n) is 1.39. The van der Waals surface area contributed by atoms with E-state index < -0.39 is 16.9 Å². The zero-order valence-corrected chi connectivity index (χ0v) is 10.5. The average molecular weight is 236 g/mol. The topological polar surface area (TPSA) is 57.5 Å². The van der Waals surface area contributed by atoms with E-state index in [-0.39, 0.29) is 12.4 Å². The van der Waals surface area contributed by atoms with Crippen molar-refractivity contribution in [1.82, 2.24) is 0 Å². The van der Waals surface area contributed by atoms with Gasteiger partial charge >= 0.3 is 0 Å². The van der Waals surface area contributed by atoms with Gasteiger partial charge < -0.3 is 10.2 Å². The van der Waals surface area contributed by atoms with E-state index in [1.807, 2.05) is 0 Å². The second-order valence-electron chi connectivity index (χ2n) is 3.91. The quantitative estimate of drug-likeness (QED) is 0.564. The van der Waals surface area contributed by atoms with Crippen LogP contribution in [0.5, 0.6) is 0 Å². The minimum atomic E-state index is -0.967. The highest BCUT2D eigenvalue weighted by atomic mass is 32.2. The van der Waals surface area contributed by atoms with Crippen LogP contribution in [-0.2, 0) is 10.8 Å². The summed E-state index contributed by atoms with van der Waals surface area (Å²) < 4.78 is 11.3. The molecular weight excluding hydrogens is 212 g/mol. The van der Waals surface area contributed by atoms with Crippen LogP contribution in [0.3, 0.4) is 0 Å². The maximum Gasteiger partial charge on any atom is 0.0885 e. The van der Waals surface area contributed by atoms with Crippen LogP contribution < -0.4 is 0 Å². The SMILES string of the molecule is CCCCCCCC[S@](=O)C[C@@H](O)CO. The van der Waals surface area contributed by atoms with Crippen LogP contribution in [0.1, 0.15) is 45.4 Å². The van der Waals surface area contributed by atoms with E-state index in [9.17, 15) is 4.21 Å². The van der Waals surface area contributed by atoms with Crippen molar-refractivity contribution in [2.45, 2.75) is 51.6 Å². The molecule has 0 rings (SSSR count). The molecule has 0 amide bonds. The van der Waals surface area contributed by atoms with E-state index in [1.165, 1.54) is 25.7 Å². The molecule has 0 aliphatic heterocycles. The van der Waals surface area contributed by atoms with Gasteiger partial charge in [-0.25, -0.2) is 0 Å². The lowest BCUT2D eigenvalue weighted by Crippen LogP contribution is -2.21. The molecule has 2 atom stereocenters. The molecule has 0 unspecified atom stereocenters. The molecule has 0 saturated heterocycles. The van der Waals surface area contributed by atoms with Crippen LogP contribution in [0.4, 0.5) is 0 Å². The van der Waals surface area contributed by atoms with E-state index in [0.717, 1.165) is 12.8 Å². The predicted molar refractivity (Wildman–Crippen MR) is 64.3 cm³/mol. The Morgan fingerprint density at radius 2 is 1.73 bits per heavy atom. The van der Waals surface area contributed by atoms with Gasteiger partial charge in [0.1, 0.15) is 0 Å². The van der Waals surface area contributed by atoms with Crippen molar-refractivity contribution < 1.29 is 14.4 Å². The standard InChI is InChI=1S/C11H24O3S/c1-2-3-4-5-6-7-8-15(14)10-11(13)9-12/h11-13H,2-10H2,1H3/t11-,15-/m0/s1. The molecule has 0 aromatic carbocycles. The fraction of sp³-hybridized carbons (Fsp3) is 1.00. The lowest BCUT2D eigenvalue weighted by molar-refractivity contribution is 0.113. The Bertz CT molecular complexity index is 162. The second kappa shape index (κ2) is 10.6. The molecule has 0 heterocycles. The van der Waals surface area contributed by atoms with E-state index in [0.29, 0.717) is 5.75 Å². The Hall–Kier alpha value is 0.0700. The summed E-state index contributed by atoms with van der Waals surface area (Å²) in [5.41, 5.74) is 0. The Morgan fingerprint density at radius 1 is 1.13 bits per heavy atom. The van der Waals surface area contributed by atoms with Gasteiger partial charge in [-0.15, -0.1) is 0 Å². The van der Waals surface area contributed by atoms with Crippen molar-refractivity contribution in [2.24, 2.45) is 0 Å². The number of hydrogen-bond donors (Lipinski definition) is 2. The molecule has 2 N–H and O–H groups in total. The highest BCUT2D eigenvalue weighted by molar-refractivity contribution is 7.85. The summed E-state index contributed by atoms with van der Waals surface area (Å²) in [6.45, 7) is 1.90. The van der Waals surface area contributed by atoms with E-state index in [2.05, 4.69) is 6.92 Å². The Labute approximate surface area is 95.4 Å². The highest BCUT2D eigenvalue weighted by Crippen LogP contribution is 2.05. The van der Waals surface area contributed by atoms with Gasteiger partial charge in [-0.3, -0.25) is 4.21 Å². The van der Waals surface area contributed by atoms with Crippen LogP contribution in [0.2, 0.25) is 0 Å². The lowest BCUT2D eigenvalue weighted by Gasteiger charge is -2.06. The van der Waals surface area contributed by atoms with Gasteiger partial charge in [0.05, 0.1) is 18.5 Å². The van der Waals surface area contributed by atoms with Crippen LogP contribution in [0, 0.1) is 0 Å². The average Bonchev–Trinajstić information content (AvgIpc) is 2.23. The normalized spacial score (nSPS) is 15.1. The van der Waals surface area contributed by atoms with Crippen LogP contribution in [0.25, 0.3) is 0 Å². The Balaban J connectivity index is 3.24. The minimum Gasteiger partial charge on any atom is -0.394 e. The summed E-state index contributed by atoms with van der Waals surface area (Å²) in [5.74, 6) is 0.870. The van der Waals surface area contributed by atoms with Gasteiger partial charge in [0.2, 0.25) is 0 Å². The summed E-state index contributed by atoms with van der Waals surface area (Å²) in [5, 5.41) is 17.6. The van der Waals surface area contributed by atoms with Crippen molar-refractivity contribution in [1.29, 1.82) is 0 Å². The first-order chi connectivity index (χ1) is 7.20. The third kappa shape index (κ3) is 10.4. The minimum absolute atomic E-state index is 0.214. The van der Waals surface area contributed by atoms with E-state index in [1.54, 1.807) is 0 Å². The summed E-state index contributed by atoms with van der Waals surface area (Å²) in [6.07, 6.45) is 6.29. The largest absolute Gasteiger partial charge is 0.394 e. The molecule has 0 aromatic heterocycles. The smallest absolute Gasteiger partial charge is 0.0885 e. The van der Waals surface area contributed by atoms with E-state index in [4.69, 9.17) is 10.2 Å². The molecule has 0 aromatic rings. The van der Waals surface area contributed by atoms with Gasteiger partial charge in [0.25, 0.3) is 0 Å². The Kier molecular flexibility index (Phi) is 10.6. The lowest BCUT2D eigenvalue weighted by atomic mass is 10.1. The molecule has 92 valence electrons. The zero-order valence-electron chi connectivity index (χ0n) is 9.65. The Morgan fingerprint density at radius 3 is 2.33 bits per heavy atom. The summed E-state index contributed by atoms with van der Waals surface area (Å²) in [4.78, 5) is 0. The van der Waals surface area contributed by atoms with Gasteiger partial charge in [0, 0.05) is 16.6 Å². The summed E-state index contributed by atoms with van der Waals surface area (Å²) >= 11 is 0. The molecule has 0 spiro atoms. The van der Waals surface area contributed by atoms with Crippen LogP contribution in [0.15, 0.2) is 0 Å². The van der Waals surface area contributed by atoms with Crippen molar-refractivity contribution in [2.75, 3.05) is 18.1 Å². The third-order valence-electron chi connectivity index (χ3n) is 2.31.